The Hall–Kier alpha value is -2.58. The molecule has 0 saturated carbocycles. The van der Waals surface area contributed by atoms with E-state index in [0.29, 0.717) is 12.1 Å². The first-order valence-corrected chi connectivity index (χ1v) is 11.4. The van der Waals surface area contributed by atoms with Crippen molar-refractivity contribution < 1.29 is 4.74 Å². The molecule has 31 heavy (non-hydrogen) atoms. The molecule has 1 N–H and O–H groups in total. The number of rotatable bonds is 5. The van der Waals surface area contributed by atoms with Crippen molar-refractivity contribution in [3.63, 3.8) is 0 Å². The lowest BCUT2D eigenvalue weighted by Gasteiger charge is -2.33. The van der Waals surface area contributed by atoms with Crippen LogP contribution in [0.15, 0.2) is 23.0 Å². The van der Waals surface area contributed by atoms with Crippen LogP contribution in [0.3, 0.4) is 0 Å². The second-order valence-corrected chi connectivity index (χ2v) is 8.90. The van der Waals surface area contributed by atoms with Crippen molar-refractivity contribution in [2.24, 2.45) is 0 Å². The number of pyridine rings is 1. The minimum absolute atomic E-state index is 0.0663. The van der Waals surface area contributed by atoms with Crippen LogP contribution in [-0.2, 0) is 11.3 Å². The molecule has 0 radical (unpaired) electrons. The molecule has 8 heteroatoms. The molecule has 2 aliphatic heterocycles. The SMILES string of the molecule is Cc1ccc(C)c2[nH]c(=O)c([C@H](c3nnnn3C[C@H]3CCCO3)N3CCCCC3)cc12. The maximum absolute atomic E-state index is 13.3. The van der Waals surface area contributed by atoms with E-state index in [2.05, 4.69) is 50.5 Å². The van der Waals surface area contributed by atoms with Crippen LogP contribution < -0.4 is 5.56 Å². The van der Waals surface area contributed by atoms with Gasteiger partial charge in [0.1, 0.15) is 6.04 Å². The fourth-order valence-corrected chi connectivity index (χ4v) is 4.99. The number of fused-ring (bicyclic) bond motifs is 1. The zero-order valence-electron chi connectivity index (χ0n) is 18.3. The van der Waals surface area contributed by atoms with E-state index in [1.165, 1.54) is 6.42 Å². The Morgan fingerprint density at radius 3 is 2.74 bits per heavy atom. The Kier molecular flexibility index (Phi) is 5.58. The molecule has 4 heterocycles. The Morgan fingerprint density at radius 2 is 1.97 bits per heavy atom. The lowest BCUT2D eigenvalue weighted by atomic mass is 9.98. The third-order valence-corrected chi connectivity index (χ3v) is 6.73. The second kappa shape index (κ2) is 8.51. The zero-order valence-corrected chi connectivity index (χ0v) is 18.3. The van der Waals surface area contributed by atoms with Crippen LogP contribution in [-0.4, -0.2) is 55.9 Å². The number of tetrazole rings is 1. The summed E-state index contributed by atoms with van der Waals surface area (Å²) in [5, 5.41) is 13.8. The minimum Gasteiger partial charge on any atom is -0.376 e. The fraction of sp³-hybridized carbons (Fsp3) is 0.565. The Labute approximate surface area is 181 Å². The van der Waals surface area contributed by atoms with Crippen LogP contribution in [0, 0.1) is 13.8 Å². The van der Waals surface area contributed by atoms with Gasteiger partial charge < -0.3 is 9.72 Å². The van der Waals surface area contributed by atoms with Crippen LogP contribution in [0.4, 0.5) is 0 Å². The average molecular weight is 423 g/mol. The first-order valence-electron chi connectivity index (χ1n) is 11.4. The summed E-state index contributed by atoms with van der Waals surface area (Å²) in [6.45, 7) is 7.39. The Bertz CT molecular complexity index is 1120. The lowest BCUT2D eigenvalue weighted by molar-refractivity contribution is 0.0902. The Morgan fingerprint density at radius 1 is 1.16 bits per heavy atom. The maximum atomic E-state index is 13.3. The van der Waals surface area contributed by atoms with E-state index in [9.17, 15) is 4.79 Å². The predicted molar refractivity (Wildman–Crippen MR) is 118 cm³/mol. The van der Waals surface area contributed by atoms with Crippen LogP contribution in [0.5, 0.6) is 0 Å². The van der Waals surface area contributed by atoms with Crippen molar-refractivity contribution in [3.8, 4) is 0 Å². The van der Waals surface area contributed by atoms with Gasteiger partial charge in [0, 0.05) is 17.6 Å². The predicted octanol–water partition coefficient (Wildman–Crippen LogP) is 2.89. The fourth-order valence-electron chi connectivity index (χ4n) is 4.99. The number of hydrogen-bond donors (Lipinski definition) is 1. The van der Waals surface area contributed by atoms with Crippen LogP contribution in [0.2, 0.25) is 0 Å². The van der Waals surface area contributed by atoms with Gasteiger partial charge in [0.15, 0.2) is 5.82 Å². The molecule has 2 aromatic heterocycles. The highest BCUT2D eigenvalue weighted by Gasteiger charge is 2.32. The molecule has 0 unspecified atom stereocenters. The third-order valence-electron chi connectivity index (χ3n) is 6.73. The van der Waals surface area contributed by atoms with Gasteiger partial charge in [-0.15, -0.1) is 5.10 Å². The number of hydrogen-bond acceptors (Lipinski definition) is 6. The molecule has 0 aliphatic carbocycles. The zero-order chi connectivity index (χ0) is 21.4. The van der Waals surface area contributed by atoms with Crippen molar-refractivity contribution in [2.75, 3.05) is 19.7 Å². The van der Waals surface area contributed by atoms with E-state index in [1.807, 2.05) is 11.6 Å². The van der Waals surface area contributed by atoms with Crippen molar-refractivity contribution in [1.29, 1.82) is 0 Å². The summed E-state index contributed by atoms with van der Waals surface area (Å²) >= 11 is 0. The molecule has 0 spiro atoms. The van der Waals surface area contributed by atoms with E-state index in [-0.39, 0.29) is 17.7 Å². The number of nitrogens with one attached hydrogen (secondary N) is 1. The maximum Gasteiger partial charge on any atom is 0.253 e. The van der Waals surface area contributed by atoms with Gasteiger partial charge >= 0.3 is 0 Å². The molecule has 2 aliphatic rings. The number of aromatic amines is 1. The highest BCUT2D eigenvalue weighted by Crippen LogP contribution is 2.31. The number of piperidine rings is 1. The van der Waals surface area contributed by atoms with E-state index >= 15 is 0 Å². The molecule has 164 valence electrons. The molecule has 0 amide bonds. The number of aryl methyl sites for hydroxylation is 2. The molecular weight excluding hydrogens is 392 g/mol. The number of nitrogens with zero attached hydrogens (tertiary/aromatic N) is 5. The van der Waals surface area contributed by atoms with Crippen molar-refractivity contribution in [1.82, 2.24) is 30.1 Å². The van der Waals surface area contributed by atoms with Crippen molar-refractivity contribution in [3.05, 3.63) is 51.1 Å². The lowest BCUT2D eigenvalue weighted by Crippen LogP contribution is -2.39. The standard InChI is InChI=1S/C23H30N6O2/c1-15-8-9-16(2)20-18(15)13-19(23(30)24-20)21(28-10-4-3-5-11-28)22-25-26-27-29(22)14-17-7-6-12-31-17/h8-9,13,17,21H,3-7,10-12,14H2,1-2H3,(H,24,30)/t17-,21-/m1/s1. The molecule has 1 aromatic carbocycles. The Balaban J connectivity index is 1.63. The molecular formula is C23H30N6O2. The number of likely N-dealkylation sites (tertiary alicyclic amines) is 1. The smallest absolute Gasteiger partial charge is 0.253 e. The van der Waals surface area contributed by atoms with Gasteiger partial charge in [0.2, 0.25) is 0 Å². The summed E-state index contributed by atoms with van der Waals surface area (Å²) in [5.74, 6) is 0.729. The molecule has 0 bridgehead atoms. The average Bonchev–Trinajstić information content (AvgIpc) is 3.46. The van der Waals surface area contributed by atoms with Gasteiger partial charge in [0.05, 0.1) is 18.2 Å². The molecule has 3 aromatic rings. The van der Waals surface area contributed by atoms with Crippen LogP contribution in [0.1, 0.15) is 60.7 Å². The first kappa shape index (κ1) is 20.3. The number of H-pyrrole nitrogens is 1. The van der Waals surface area contributed by atoms with E-state index in [1.54, 1.807) is 0 Å². The molecule has 8 nitrogen and oxygen atoms in total. The topological polar surface area (TPSA) is 88.9 Å². The van der Waals surface area contributed by atoms with E-state index in [4.69, 9.17) is 4.74 Å². The number of ether oxygens (including phenoxy) is 1. The van der Waals surface area contributed by atoms with Gasteiger partial charge in [-0.1, -0.05) is 18.6 Å². The molecule has 2 atom stereocenters. The minimum atomic E-state index is -0.273. The number of aromatic nitrogens is 5. The van der Waals surface area contributed by atoms with Gasteiger partial charge in [-0.25, -0.2) is 4.68 Å². The summed E-state index contributed by atoms with van der Waals surface area (Å²) in [4.78, 5) is 18.9. The van der Waals surface area contributed by atoms with E-state index in [0.717, 1.165) is 73.2 Å². The number of benzene rings is 1. The summed E-state index contributed by atoms with van der Waals surface area (Å²) in [6.07, 6.45) is 5.67. The van der Waals surface area contributed by atoms with Gasteiger partial charge in [-0.3, -0.25) is 9.69 Å². The molecule has 2 fully saturated rings. The third kappa shape index (κ3) is 3.90. The van der Waals surface area contributed by atoms with Crippen LogP contribution in [0.25, 0.3) is 10.9 Å². The largest absolute Gasteiger partial charge is 0.376 e. The summed E-state index contributed by atoms with van der Waals surface area (Å²) in [5.41, 5.74) is 3.77. The summed E-state index contributed by atoms with van der Waals surface area (Å²) < 4.78 is 7.67. The highest BCUT2D eigenvalue weighted by atomic mass is 16.5. The quantitative estimate of drug-likeness (QED) is 0.680. The monoisotopic (exact) mass is 422 g/mol. The summed E-state index contributed by atoms with van der Waals surface area (Å²) in [7, 11) is 0. The van der Waals surface area contributed by atoms with Gasteiger partial charge in [-0.2, -0.15) is 0 Å². The van der Waals surface area contributed by atoms with Gasteiger partial charge in [0.25, 0.3) is 5.56 Å². The van der Waals surface area contributed by atoms with Crippen molar-refractivity contribution in [2.45, 2.75) is 64.6 Å². The molecule has 5 rings (SSSR count). The van der Waals surface area contributed by atoms with Crippen LogP contribution >= 0.6 is 0 Å². The van der Waals surface area contributed by atoms with Gasteiger partial charge in [-0.05, 0) is 80.2 Å². The first-order chi connectivity index (χ1) is 15.1. The highest BCUT2D eigenvalue weighted by molar-refractivity contribution is 5.85. The normalized spacial score (nSPS) is 21.0. The molecule has 2 saturated heterocycles. The van der Waals surface area contributed by atoms with Crippen molar-refractivity contribution >= 4 is 10.9 Å². The summed E-state index contributed by atoms with van der Waals surface area (Å²) in [6, 6.07) is 5.94. The second-order valence-electron chi connectivity index (χ2n) is 8.90. The van der Waals surface area contributed by atoms with E-state index < -0.39 is 0 Å².